The third kappa shape index (κ3) is 4.82. The van der Waals surface area contributed by atoms with Crippen molar-refractivity contribution in [2.45, 2.75) is 57.5 Å². The SMILES string of the molecule is CCOc1cc(C(=O)N2CCOCC23CC3C)ccc1C(=O)NCC1(CNC2Cc3ccccc3C2)CC1. The van der Waals surface area contributed by atoms with Gasteiger partial charge in [-0.15, -0.1) is 0 Å². The standard InChI is InChI=1S/C31H39N3O4/c1-3-38-27-16-24(29(36)34-12-13-37-20-31(34)17-21(31)2)8-9-26(27)28(35)33-19-30(10-11-30)18-32-25-14-22-6-4-5-7-23(22)15-25/h4-9,16,21,25,32H,3,10-15,17-20H2,1-2H3,(H,33,35). The third-order valence-electron chi connectivity index (χ3n) is 9.18. The van der Waals surface area contributed by atoms with Crippen molar-refractivity contribution in [2.24, 2.45) is 11.3 Å². The second-order valence-corrected chi connectivity index (χ2v) is 11.8. The summed E-state index contributed by atoms with van der Waals surface area (Å²) in [4.78, 5) is 28.7. The van der Waals surface area contributed by atoms with E-state index in [0.29, 0.717) is 61.7 Å². The molecular formula is C31H39N3O4. The molecule has 38 heavy (non-hydrogen) atoms. The van der Waals surface area contributed by atoms with E-state index in [0.717, 1.165) is 38.6 Å². The number of ether oxygens (including phenoxy) is 2. The van der Waals surface area contributed by atoms with E-state index in [-0.39, 0.29) is 22.8 Å². The molecule has 2 N–H and O–H groups in total. The van der Waals surface area contributed by atoms with Crippen LogP contribution in [-0.2, 0) is 17.6 Å². The summed E-state index contributed by atoms with van der Waals surface area (Å²) in [5, 5.41) is 6.93. The van der Waals surface area contributed by atoms with Crippen LogP contribution in [0.2, 0.25) is 0 Å². The monoisotopic (exact) mass is 517 g/mol. The number of hydrogen-bond donors (Lipinski definition) is 2. The highest BCUT2D eigenvalue weighted by molar-refractivity contribution is 6.00. The van der Waals surface area contributed by atoms with E-state index in [9.17, 15) is 9.59 Å². The Kier molecular flexibility index (Phi) is 6.68. The van der Waals surface area contributed by atoms with Gasteiger partial charge in [0.05, 0.1) is 30.9 Å². The lowest BCUT2D eigenvalue weighted by molar-refractivity contribution is -0.0167. The molecule has 3 fully saturated rings. The van der Waals surface area contributed by atoms with Crippen LogP contribution < -0.4 is 15.4 Å². The molecule has 2 aromatic rings. The first-order valence-corrected chi connectivity index (χ1v) is 14.2. The molecular weight excluding hydrogens is 478 g/mol. The second kappa shape index (κ2) is 10.0. The maximum Gasteiger partial charge on any atom is 0.255 e. The molecule has 1 aliphatic heterocycles. The Labute approximate surface area is 225 Å². The molecule has 4 aliphatic rings. The molecule has 0 aromatic heterocycles. The number of nitrogens with zero attached hydrogens (tertiary/aromatic N) is 1. The molecule has 6 rings (SSSR count). The number of benzene rings is 2. The Balaban J connectivity index is 1.07. The van der Waals surface area contributed by atoms with Crippen molar-refractivity contribution in [2.75, 3.05) is 39.5 Å². The van der Waals surface area contributed by atoms with Crippen LogP contribution in [0, 0.1) is 11.3 Å². The van der Waals surface area contributed by atoms with E-state index in [2.05, 4.69) is 41.8 Å². The smallest absolute Gasteiger partial charge is 0.255 e. The van der Waals surface area contributed by atoms with Crippen LogP contribution in [0.1, 0.15) is 65.0 Å². The van der Waals surface area contributed by atoms with Crippen LogP contribution >= 0.6 is 0 Å². The Morgan fingerprint density at radius 3 is 2.50 bits per heavy atom. The van der Waals surface area contributed by atoms with Gasteiger partial charge in [0, 0.05) is 36.7 Å². The lowest BCUT2D eigenvalue weighted by Crippen LogP contribution is -2.51. The molecule has 1 saturated heterocycles. The lowest BCUT2D eigenvalue weighted by atomic mass is 10.0. The molecule has 2 saturated carbocycles. The molecule has 7 heteroatoms. The molecule has 7 nitrogen and oxygen atoms in total. The first-order valence-electron chi connectivity index (χ1n) is 14.2. The van der Waals surface area contributed by atoms with Crippen LogP contribution in [0.5, 0.6) is 5.75 Å². The summed E-state index contributed by atoms with van der Waals surface area (Å²) in [7, 11) is 0. The van der Waals surface area contributed by atoms with Gasteiger partial charge in [-0.2, -0.15) is 0 Å². The van der Waals surface area contributed by atoms with E-state index < -0.39 is 0 Å². The number of fused-ring (bicyclic) bond motifs is 1. The zero-order valence-electron chi connectivity index (χ0n) is 22.6. The van der Waals surface area contributed by atoms with Gasteiger partial charge in [-0.25, -0.2) is 0 Å². The van der Waals surface area contributed by atoms with Crippen molar-refractivity contribution in [3.63, 3.8) is 0 Å². The fraction of sp³-hybridized carbons (Fsp3) is 0.548. The van der Waals surface area contributed by atoms with Gasteiger partial charge in [-0.05, 0) is 74.3 Å². The highest BCUT2D eigenvalue weighted by atomic mass is 16.5. The molecule has 2 amide bonds. The summed E-state index contributed by atoms with van der Waals surface area (Å²) < 4.78 is 11.5. The van der Waals surface area contributed by atoms with Crippen molar-refractivity contribution >= 4 is 11.8 Å². The largest absolute Gasteiger partial charge is 0.493 e. The molecule has 2 aromatic carbocycles. The Morgan fingerprint density at radius 1 is 1.11 bits per heavy atom. The number of hydrogen-bond acceptors (Lipinski definition) is 5. The molecule has 2 unspecified atom stereocenters. The minimum Gasteiger partial charge on any atom is -0.493 e. The number of amides is 2. The summed E-state index contributed by atoms with van der Waals surface area (Å²) in [5.74, 6) is 0.748. The van der Waals surface area contributed by atoms with Gasteiger partial charge in [0.25, 0.3) is 11.8 Å². The van der Waals surface area contributed by atoms with Crippen LogP contribution in [0.15, 0.2) is 42.5 Å². The highest BCUT2D eigenvalue weighted by Gasteiger charge is 2.58. The van der Waals surface area contributed by atoms with Gasteiger partial charge < -0.3 is 25.0 Å². The maximum atomic E-state index is 13.5. The zero-order valence-corrected chi connectivity index (χ0v) is 22.6. The summed E-state index contributed by atoms with van der Waals surface area (Å²) in [6, 6.07) is 14.4. The second-order valence-electron chi connectivity index (χ2n) is 11.8. The summed E-state index contributed by atoms with van der Waals surface area (Å²) in [6.45, 7) is 7.79. The van der Waals surface area contributed by atoms with Crippen LogP contribution in [0.4, 0.5) is 0 Å². The van der Waals surface area contributed by atoms with E-state index in [1.165, 1.54) is 11.1 Å². The maximum absolute atomic E-state index is 13.5. The van der Waals surface area contributed by atoms with Crippen molar-refractivity contribution in [3.05, 3.63) is 64.7 Å². The number of carbonyl (C=O) groups is 2. The summed E-state index contributed by atoms with van der Waals surface area (Å²) >= 11 is 0. The third-order valence-corrected chi connectivity index (χ3v) is 9.18. The van der Waals surface area contributed by atoms with Gasteiger partial charge in [0.2, 0.25) is 0 Å². The van der Waals surface area contributed by atoms with E-state index >= 15 is 0 Å². The fourth-order valence-electron chi connectivity index (χ4n) is 6.35. The number of carbonyl (C=O) groups excluding carboxylic acids is 2. The van der Waals surface area contributed by atoms with Crippen molar-refractivity contribution in [1.29, 1.82) is 0 Å². The molecule has 202 valence electrons. The van der Waals surface area contributed by atoms with Gasteiger partial charge in [0.1, 0.15) is 5.75 Å². The first-order chi connectivity index (χ1) is 18.4. The minimum absolute atomic E-state index is 0.0115. The predicted molar refractivity (Wildman–Crippen MR) is 146 cm³/mol. The molecule has 1 heterocycles. The molecule has 0 bridgehead atoms. The van der Waals surface area contributed by atoms with E-state index in [4.69, 9.17) is 9.47 Å². The number of nitrogens with one attached hydrogen (secondary N) is 2. The van der Waals surface area contributed by atoms with Crippen LogP contribution in [0.3, 0.4) is 0 Å². The lowest BCUT2D eigenvalue weighted by Gasteiger charge is -2.37. The quantitative estimate of drug-likeness (QED) is 0.531. The minimum atomic E-state index is -0.176. The number of rotatable bonds is 9. The molecule has 2 atom stereocenters. The summed E-state index contributed by atoms with van der Waals surface area (Å²) in [5.41, 5.74) is 3.89. The Hall–Kier alpha value is -2.90. The van der Waals surface area contributed by atoms with Crippen molar-refractivity contribution in [1.82, 2.24) is 15.5 Å². The fourth-order valence-corrected chi connectivity index (χ4v) is 6.35. The Morgan fingerprint density at radius 2 is 1.84 bits per heavy atom. The molecule has 0 radical (unpaired) electrons. The Bertz CT molecular complexity index is 1200. The van der Waals surface area contributed by atoms with Gasteiger partial charge in [0.15, 0.2) is 0 Å². The predicted octanol–water partition coefficient (Wildman–Crippen LogP) is 3.60. The normalized spacial score (nSPS) is 25.2. The average molecular weight is 518 g/mol. The molecule has 1 spiro atoms. The molecule has 3 aliphatic carbocycles. The topological polar surface area (TPSA) is 79.9 Å². The van der Waals surface area contributed by atoms with E-state index in [1.54, 1.807) is 18.2 Å². The van der Waals surface area contributed by atoms with Gasteiger partial charge >= 0.3 is 0 Å². The van der Waals surface area contributed by atoms with Crippen LogP contribution in [-0.4, -0.2) is 67.7 Å². The van der Waals surface area contributed by atoms with Gasteiger partial charge in [-0.3, -0.25) is 9.59 Å². The number of morpholine rings is 1. The van der Waals surface area contributed by atoms with E-state index in [1.807, 2.05) is 11.8 Å². The zero-order chi connectivity index (χ0) is 26.3. The van der Waals surface area contributed by atoms with Crippen molar-refractivity contribution < 1.29 is 19.1 Å². The average Bonchev–Trinajstić information content (AvgIpc) is 3.79. The first kappa shape index (κ1) is 25.4. The highest BCUT2D eigenvalue weighted by Crippen LogP contribution is 2.50. The summed E-state index contributed by atoms with van der Waals surface area (Å²) in [6.07, 6.45) is 5.36. The van der Waals surface area contributed by atoms with Gasteiger partial charge in [-0.1, -0.05) is 31.2 Å². The van der Waals surface area contributed by atoms with Crippen molar-refractivity contribution in [3.8, 4) is 5.75 Å². The van der Waals surface area contributed by atoms with Crippen LogP contribution in [0.25, 0.3) is 0 Å².